The topological polar surface area (TPSA) is 61.5 Å². The highest BCUT2D eigenvalue weighted by molar-refractivity contribution is 8.04. The molecule has 0 spiro atoms. The maximum absolute atomic E-state index is 11.2. The predicted octanol–water partition coefficient (Wildman–Crippen LogP) is 3.60. The summed E-state index contributed by atoms with van der Waals surface area (Å²) in [5.41, 5.74) is 2.38. The Labute approximate surface area is 171 Å². The molecule has 28 heavy (non-hydrogen) atoms. The maximum atomic E-state index is 11.2. The zero-order valence-electron chi connectivity index (χ0n) is 16.1. The minimum atomic E-state index is -3.91. The largest absolute Gasteiger partial charge is 0.362 e. The van der Waals surface area contributed by atoms with Crippen LogP contribution < -0.4 is 4.57 Å². The zero-order valence-corrected chi connectivity index (χ0v) is 17.8. The molecule has 2 atom stereocenters. The Hall–Kier alpha value is -1.57. The zero-order chi connectivity index (χ0) is 19.7. The number of hydrogen-bond donors (Lipinski definition) is 1. The summed E-state index contributed by atoms with van der Waals surface area (Å²) in [5.74, 6) is -0.178. The fraction of sp³-hybridized carbons (Fsp3) is 0.476. The van der Waals surface area contributed by atoms with Gasteiger partial charge in [0, 0.05) is 30.0 Å². The second-order valence-corrected chi connectivity index (χ2v) is 10.6. The van der Waals surface area contributed by atoms with E-state index in [2.05, 4.69) is 59.1 Å². The molecule has 1 aliphatic heterocycles. The minimum absolute atomic E-state index is 0.178. The molecule has 2 unspecified atom stereocenters. The van der Waals surface area contributed by atoms with Crippen LogP contribution in [0.15, 0.2) is 41.6 Å². The van der Waals surface area contributed by atoms with Crippen LogP contribution in [-0.2, 0) is 17.2 Å². The van der Waals surface area contributed by atoms with Crippen molar-refractivity contribution in [3.05, 3.63) is 47.1 Å². The van der Waals surface area contributed by atoms with Crippen LogP contribution in [0.4, 0.5) is 0 Å². The Bertz CT molecular complexity index is 1000. The molecule has 0 bridgehead atoms. The lowest BCUT2D eigenvalue weighted by molar-refractivity contribution is -0.644. The molecule has 2 aromatic rings. The molecule has 1 saturated carbocycles. The van der Waals surface area contributed by atoms with E-state index in [1.54, 1.807) is 0 Å². The number of pyridine rings is 1. The molecule has 0 radical (unpaired) electrons. The van der Waals surface area contributed by atoms with Gasteiger partial charge < -0.3 is 4.90 Å². The van der Waals surface area contributed by atoms with Crippen LogP contribution in [0.3, 0.4) is 0 Å². The van der Waals surface area contributed by atoms with E-state index < -0.39 is 10.1 Å². The van der Waals surface area contributed by atoms with Crippen molar-refractivity contribution in [3.63, 3.8) is 0 Å². The van der Waals surface area contributed by atoms with Crippen molar-refractivity contribution in [2.24, 2.45) is 7.05 Å². The summed E-state index contributed by atoms with van der Waals surface area (Å²) in [6.07, 6.45) is 9.67. The van der Waals surface area contributed by atoms with Crippen molar-refractivity contribution in [2.45, 2.75) is 43.4 Å². The monoisotopic (exact) mass is 419 g/mol. The van der Waals surface area contributed by atoms with Gasteiger partial charge in [0.25, 0.3) is 10.1 Å². The number of thioether (sulfide) groups is 1. The fourth-order valence-electron chi connectivity index (χ4n) is 4.41. The molecule has 1 aromatic carbocycles. The van der Waals surface area contributed by atoms with E-state index in [4.69, 9.17) is 4.55 Å². The third-order valence-corrected chi connectivity index (χ3v) is 8.03. The molecule has 7 heteroatoms. The number of para-hydroxylation sites is 1. The summed E-state index contributed by atoms with van der Waals surface area (Å²) in [7, 11) is -1.86. The molecule has 5 nitrogen and oxygen atoms in total. The van der Waals surface area contributed by atoms with E-state index in [1.165, 1.54) is 40.8 Å². The van der Waals surface area contributed by atoms with Gasteiger partial charge in [0.2, 0.25) is 5.52 Å². The van der Waals surface area contributed by atoms with E-state index in [0.717, 1.165) is 6.42 Å². The van der Waals surface area contributed by atoms with Crippen LogP contribution in [0.5, 0.6) is 0 Å². The molecule has 2 fully saturated rings. The lowest BCUT2D eigenvalue weighted by atomic mass is 9.94. The number of aryl methyl sites for hydroxylation is 1. The molecular formula is C21H27N2O3S2+. The lowest BCUT2D eigenvalue weighted by Crippen LogP contribution is -2.37. The van der Waals surface area contributed by atoms with E-state index in [0.29, 0.717) is 24.3 Å². The highest BCUT2D eigenvalue weighted by Crippen LogP contribution is 2.46. The van der Waals surface area contributed by atoms with E-state index >= 15 is 0 Å². The second kappa shape index (κ2) is 8.05. The van der Waals surface area contributed by atoms with Gasteiger partial charge in [-0.25, -0.2) is 4.57 Å². The van der Waals surface area contributed by atoms with Crippen LogP contribution in [0, 0.1) is 0 Å². The normalized spacial score (nSPS) is 24.1. The van der Waals surface area contributed by atoms with E-state index in [9.17, 15) is 8.42 Å². The molecule has 1 aliphatic carbocycles. The van der Waals surface area contributed by atoms with E-state index in [1.807, 2.05) is 11.8 Å². The molecule has 1 saturated heterocycles. The standard InChI is InChI=1S/C21H26N2O3S2/c1-22-13-11-16(17-7-2-3-8-18(17)22)15-21-23(12-6-14-28(24,25)26)19-9-4-5-10-20(19)27-21/h2-3,7-8,11,13,15,19-20H,4-6,9-10,12,14H2,1H3/p+1. The van der Waals surface area contributed by atoms with Crippen molar-refractivity contribution < 1.29 is 17.5 Å². The van der Waals surface area contributed by atoms with Gasteiger partial charge in [-0.05, 0) is 37.0 Å². The van der Waals surface area contributed by atoms with Crippen molar-refractivity contribution in [1.82, 2.24) is 4.90 Å². The van der Waals surface area contributed by atoms with Crippen molar-refractivity contribution in [1.29, 1.82) is 0 Å². The average molecular weight is 420 g/mol. The van der Waals surface area contributed by atoms with Crippen LogP contribution >= 0.6 is 11.8 Å². The summed E-state index contributed by atoms with van der Waals surface area (Å²) in [4.78, 5) is 2.39. The van der Waals surface area contributed by atoms with Crippen molar-refractivity contribution in [3.8, 4) is 0 Å². The minimum Gasteiger partial charge on any atom is -0.362 e. The number of aromatic nitrogens is 1. The molecule has 4 rings (SSSR count). The molecule has 1 N–H and O–H groups in total. The van der Waals surface area contributed by atoms with Crippen LogP contribution in [0.1, 0.15) is 37.7 Å². The summed E-state index contributed by atoms with van der Waals surface area (Å²) in [5, 5.41) is 3.02. The van der Waals surface area contributed by atoms with Gasteiger partial charge >= 0.3 is 0 Å². The summed E-state index contributed by atoms with van der Waals surface area (Å²) < 4.78 is 33.5. The Morgan fingerprint density at radius 1 is 1.25 bits per heavy atom. The van der Waals surface area contributed by atoms with Gasteiger partial charge in [0.05, 0.1) is 16.2 Å². The fourth-order valence-corrected chi connectivity index (χ4v) is 6.50. The number of nitrogens with zero attached hydrogens (tertiary/aromatic N) is 2. The Morgan fingerprint density at radius 3 is 2.86 bits per heavy atom. The quantitative estimate of drug-likeness (QED) is 0.593. The molecular weight excluding hydrogens is 392 g/mol. The first-order valence-electron chi connectivity index (χ1n) is 9.90. The predicted molar refractivity (Wildman–Crippen MR) is 114 cm³/mol. The van der Waals surface area contributed by atoms with Gasteiger partial charge in [-0.3, -0.25) is 4.55 Å². The summed E-state index contributed by atoms with van der Waals surface area (Å²) in [6.45, 7) is 0.665. The van der Waals surface area contributed by atoms with Gasteiger partial charge in [-0.15, -0.1) is 11.8 Å². The molecule has 150 valence electrons. The first-order chi connectivity index (χ1) is 13.4. The third-order valence-electron chi connectivity index (χ3n) is 5.78. The number of benzene rings is 1. The highest BCUT2D eigenvalue weighted by Gasteiger charge is 2.39. The van der Waals surface area contributed by atoms with E-state index in [-0.39, 0.29) is 5.75 Å². The van der Waals surface area contributed by atoms with Crippen molar-refractivity contribution >= 4 is 38.9 Å². The second-order valence-electron chi connectivity index (χ2n) is 7.72. The SMILES string of the molecule is C[n+]1ccc(/C=C2/SC3CCCCC3N2CCCS(=O)(=O)O)c2ccccc21. The van der Waals surface area contributed by atoms with Gasteiger partial charge in [-0.2, -0.15) is 8.42 Å². The molecule has 1 aromatic heterocycles. The van der Waals surface area contributed by atoms with Crippen LogP contribution in [0.2, 0.25) is 0 Å². The Kier molecular flexibility index (Phi) is 5.67. The van der Waals surface area contributed by atoms with Crippen molar-refractivity contribution in [2.75, 3.05) is 12.3 Å². The molecule has 2 aliphatic rings. The first-order valence-corrected chi connectivity index (χ1v) is 12.4. The van der Waals surface area contributed by atoms with Gasteiger partial charge in [0.15, 0.2) is 6.20 Å². The van der Waals surface area contributed by atoms with Crippen LogP contribution in [0.25, 0.3) is 17.0 Å². The summed E-state index contributed by atoms with van der Waals surface area (Å²) >= 11 is 1.94. The molecule has 0 amide bonds. The summed E-state index contributed by atoms with van der Waals surface area (Å²) in [6, 6.07) is 11.0. The lowest BCUT2D eigenvalue weighted by Gasteiger charge is -2.32. The smallest absolute Gasteiger partial charge is 0.264 e. The maximum Gasteiger partial charge on any atom is 0.264 e. The highest BCUT2D eigenvalue weighted by atomic mass is 32.2. The third kappa shape index (κ3) is 4.21. The van der Waals surface area contributed by atoms with Gasteiger partial charge in [0.1, 0.15) is 7.05 Å². The molecule has 2 heterocycles. The average Bonchev–Trinajstić information content (AvgIpc) is 3.01. The number of fused-ring (bicyclic) bond motifs is 2. The Balaban J connectivity index is 1.67. The van der Waals surface area contributed by atoms with Crippen LogP contribution in [-0.4, -0.2) is 41.5 Å². The Morgan fingerprint density at radius 2 is 2.04 bits per heavy atom. The number of rotatable bonds is 5. The number of hydrogen-bond acceptors (Lipinski definition) is 4. The first kappa shape index (κ1) is 19.7. The van der Waals surface area contributed by atoms with Gasteiger partial charge in [-0.1, -0.05) is 25.0 Å².